The first-order valence-corrected chi connectivity index (χ1v) is 7.29. The van der Waals surface area contributed by atoms with Crippen LogP contribution in [0.2, 0.25) is 0 Å². The topological polar surface area (TPSA) is 29.3 Å². The minimum absolute atomic E-state index is 0.209. The number of anilines is 2. The molecule has 0 radical (unpaired) electrons. The largest absolute Gasteiger partial charge is 0.342 e. The molecule has 2 rings (SSSR count). The van der Waals surface area contributed by atoms with Crippen LogP contribution < -0.4 is 10.6 Å². The average Bonchev–Trinajstić information content (AvgIpc) is 2.43. The van der Waals surface area contributed by atoms with Crippen molar-refractivity contribution < 1.29 is 0 Å². The van der Waals surface area contributed by atoms with Crippen molar-refractivity contribution in [3.63, 3.8) is 0 Å². The van der Waals surface area contributed by atoms with E-state index in [0.717, 1.165) is 13.0 Å². The molecule has 0 fully saturated rings. The normalized spacial score (nSPS) is 12.2. The number of rotatable bonds is 5. The van der Waals surface area contributed by atoms with Crippen LogP contribution in [0.15, 0.2) is 48.5 Å². The molecule has 0 saturated carbocycles. The Bertz CT molecular complexity index is 526. The number of nitrogens with two attached hydrogens (primary N) is 1. The first-order valence-electron chi connectivity index (χ1n) is 7.29. The molecule has 0 saturated heterocycles. The highest BCUT2D eigenvalue weighted by Crippen LogP contribution is 2.25. The molecule has 0 aliphatic rings. The number of hydrogen-bond donors (Lipinski definition) is 1. The monoisotopic (exact) mass is 268 g/mol. The molecule has 2 aromatic rings. The third kappa shape index (κ3) is 3.61. The Labute approximate surface area is 122 Å². The van der Waals surface area contributed by atoms with E-state index in [0.29, 0.717) is 0 Å². The van der Waals surface area contributed by atoms with E-state index >= 15 is 0 Å². The fourth-order valence-corrected chi connectivity index (χ4v) is 2.42. The molecule has 1 atom stereocenters. The van der Waals surface area contributed by atoms with Crippen LogP contribution in [0.4, 0.5) is 11.4 Å². The van der Waals surface area contributed by atoms with Crippen LogP contribution in [0, 0.1) is 6.92 Å². The molecular weight excluding hydrogens is 244 g/mol. The summed E-state index contributed by atoms with van der Waals surface area (Å²) < 4.78 is 0. The van der Waals surface area contributed by atoms with Gasteiger partial charge in [0, 0.05) is 24.0 Å². The minimum Gasteiger partial charge on any atom is -0.342 e. The van der Waals surface area contributed by atoms with Crippen molar-refractivity contribution in [3.05, 3.63) is 59.7 Å². The summed E-state index contributed by atoms with van der Waals surface area (Å²) in [5, 5.41) is 0. The highest BCUT2D eigenvalue weighted by atomic mass is 15.1. The summed E-state index contributed by atoms with van der Waals surface area (Å²) in [4.78, 5) is 2.31. The standard InChI is InChI=1S/C18H24N2/c1-4-20(17-9-5-14(2)6-10-17)18-11-7-16(8-12-18)13-15(3)19/h5-12,15H,4,13,19H2,1-3H3. The molecule has 0 aliphatic carbocycles. The van der Waals surface area contributed by atoms with E-state index in [1.807, 2.05) is 6.92 Å². The van der Waals surface area contributed by atoms with E-state index in [4.69, 9.17) is 5.73 Å². The molecule has 106 valence electrons. The fourth-order valence-electron chi connectivity index (χ4n) is 2.42. The zero-order valence-electron chi connectivity index (χ0n) is 12.6. The van der Waals surface area contributed by atoms with E-state index in [-0.39, 0.29) is 6.04 Å². The van der Waals surface area contributed by atoms with Gasteiger partial charge in [0.15, 0.2) is 0 Å². The lowest BCUT2D eigenvalue weighted by Crippen LogP contribution is -2.18. The highest BCUT2D eigenvalue weighted by molar-refractivity contribution is 5.63. The molecule has 0 aliphatic heterocycles. The zero-order valence-corrected chi connectivity index (χ0v) is 12.6. The van der Waals surface area contributed by atoms with E-state index < -0.39 is 0 Å². The summed E-state index contributed by atoms with van der Waals surface area (Å²) in [5.74, 6) is 0. The van der Waals surface area contributed by atoms with Crippen LogP contribution in [0.5, 0.6) is 0 Å². The summed E-state index contributed by atoms with van der Waals surface area (Å²) in [6.45, 7) is 7.28. The van der Waals surface area contributed by atoms with E-state index in [1.165, 1.54) is 22.5 Å². The maximum Gasteiger partial charge on any atom is 0.0410 e. The summed E-state index contributed by atoms with van der Waals surface area (Å²) in [7, 11) is 0. The first kappa shape index (κ1) is 14.6. The third-order valence-electron chi connectivity index (χ3n) is 3.47. The van der Waals surface area contributed by atoms with Gasteiger partial charge in [-0.1, -0.05) is 29.8 Å². The van der Waals surface area contributed by atoms with Gasteiger partial charge in [-0.15, -0.1) is 0 Å². The Hall–Kier alpha value is -1.80. The summed E-state index contributed by atoms with van der Waals surface area (Å²) in [6.07, 6.45) is 0.928. The van der Waals surface area contributed by atoms with Gasteiger partial charge < -0.3 is 10.6 Å². The molecular formula is C18H24N2. The molecule has 0 bridgehead atoms. The molecule has 0 heterocycles. The lowest BCUT2D eigenvalue weighted by Gasteiger charge is -2.24. The summed E-state index contributed by atoms with van der Waals surface area (Å²) in [6, 6.07) is 17.6. The van der Waals surface area contributed by atoms with Gasteiger partial charge in [0.2, 0.25) is 0 Å². The molecule has 0 amide bonds. The van der Waals surface area contributed by atoms with Crippen LogP contribution in [0.25, 0.3) is 0 Å². The Kier molecular flexibility index (Phi) is 4.80. The van der Waals surface area contributed by atoms with Gasteiger partial charge in [0.1, 0.15) is 0 Å². The molecule has 2 N–H and O–H groups in total. The molecule has 0 spiro atoms. The van der Waals surface area contributed by atoms with Crippen LogP contribution in [0.1, 0.15) is 25.0 Å². The predicted octanol–water partition coefficient (Wildman–Crippen LogP) is 4.04. The molecule has 2 aromatic carbocycles. The maximum absolute atomic E-state index is 5.84. The van der Waals surface area contributed by atoms with Crippen LogP contribution >= 0.6 is 0 Å². The van der Waals surface area contributed by atoms with Gasteiger partial charge in [-0.05, 0) is 57.0 Å². The number of hydrogen-bond acceptors (Lipinski definition) is 2. The van der Waals surface area contributed by atoms with E-state index in [9.17, 15) is 0 Å². The fraction of sp³-hybridized carbons (Fsp3) is 0.333. The van der Waals surface area contributed by atoms with Gasteiger partial charge in [-0.25, -0.2) is 0 Å². The van der Waals surface area contributed by atoms with Crippen molar-refractivity contribution in [2.75, 3.05) is 11.4 Å². The Balaban J connectivity index is 2.21. The zero-order chi connectivity index (χ0) is 14.5. The van der Waals surface area contributed by atoms with Crippen molar-refractivity contribution in [2.24, 2.45) is 5.73 Å². The summed E-state index contributed by atoms with van der Waals surface area (Å²) in [5.41, 5.74) is 10.9. The van der Waals surface area contributed by atoms with Crippen LogP contribution in [-0.2, 0) is 6.42 Å². The predicted molar refractivity (Wildman–Crippen MR) is 87.7 cm³/mol. The van der Waals surface area contributed by atoms with Gasteiger partial charge in [0.25, 0.3) is 0 Å². The van der Waals surface area contributed by atoms with Crippen LogP contribution in [-0.4, -0.2) is 12.6 Å². The number of nitrogens with zero attached hydrogens (tertiary/aromatic N) is 1. The SMILES string of the molecule is CCN(c1ccc(C)cc1)c1ccc(CC(C)N)cc1. The first-order chi connectivity index (χ1) is 9.60. The average molecular weight is 268 g/mol. The van der Waals surface area contributed by atoms with Gasteiger partial charge in [0.05, 0.1) is 0 Å². The number of benzene rings is 2. The quantitative estimate of drug-likeness (QED) is 0.886. The van der Waals surface area contributed by atoms with Gasteiger partial charge in [-0.2, -0.15) is 0 Å². The lowest BCUT2D eigenvalue weighted by molar-refractivity contribution is 0.738. The van der Waals surface area contributed by atoms with Crippen molar-refractivity contribution in [1.82, 2.24) is 0 Å². The Morgan fingerprint density at radius 3 is 1.90 bits per heavy atom. The van der Waals surface area contributed by atoms with Crippen molar-refractivity contribution in [2.45, 2.75) is 33.2 Å². The molecule has 0 aromatic heterocycles. The van der Waals surface area contributed by atoms with Crippen molar-refractivity contribution >= 4 is 11.4 Å². The van der Waals surface area contributed by atoms with Gasteiger partial charge in [-0.3, -0.25) is 0 Å². The minimum atomic E-state index is 0.209. The molecule has 20 heavy (non-hydrogen) atoms. The van der Waals surface area contributed by atoms with Crippen molar-refractivity contribution in [1.29, 1.82) is 0 Å². The van der Waals surface area contributed by atoms with Crippen molar-refractivity contribution in [3.8, 4) is 0 Å². The maximum atomic E-state index is 5.84. The second kappa shape index (κ2) is 6.58. The van der Waals surface area contributed by atoms with E-state index in [2.05, 4.69) is 67.3 Å². The smallest absolute Gasteiger partial charge is 0.0410 e. The highest BCUT2D eigenvalue weighted by Gasteiger charge is 2.07. The summed E-state index contributed by atoms with van der Waals surface area (Å²) >= 11 is 0. The Morgan fingerprint density at radius 2 is 1.45 bits per heavy atom. The second-order valence-corrected chi connectivity index (χ2v) is 5.43. The Morgan fingerprint density at radius 1 is 0.950 bits per heavy atom. The third-order valence-corrected chi connectivity index (χ3v) is 3.47. The molecule has 2 heteroatoms. The van der Waals surface area contributed by atoms with Crippen LogP contribution in [0.3, 0.4) is 0 Å². The number of aryl methyl sites for hydroxylation is 1. The lowest BCUT2D eigenvalue weighted by atomic mass is 10.1. The molecule has 2 nitrogen and oxygen atoms in total. The van der Waals surface area contributed by atoms with E-state index in [1.54, 1.807) is 0 Å². The second-order valence-electron chi connectivity index (χ2n) is 5.43. The van der Waals surface area contributed by atoms with Gasteiger partial charge >= 0.3 is 0 Å². The molecule has 1 unspecified atom stereocenters.